The van der Waals surface area contributed by atoms with E-state index in [9.17, 15) is 0 Å². The molecule has 124 valence electrons. The molecular formula is C22H26N2. The van der Waals surface area contributed by atoms with E-state index in [0.29, 0.717) is 19.0 Å². The Morgan fingerprint density at radius 1 is 0.792 bits per heavy atom. The molecule has 0 spiro atoms. The van der Waals surface area contributed by atoms with Gasteiger partial charge in [0.05, 0.1) is 0 Å². The molecule has 0 amide bonds. The van der Waals surface area contributed by atoms with Gasteiger partial charge in [-0.2, -0.15) is 0 Å². The second kappa shape index (κ2) is 6.76. The summed E-state index contributed by atoms with van der Waals surface area (Å²) in [6, 6.07) is 17.3. The highest BCUT2D eigenvalue weighted by molar-refractivity contribution is 5.84. The van der Waals surface area contributed by atoms with Gasteiger partial charge >= 0.3 is 0 Å². The molecule has 0 aliphatic heterocycles. The van der Waals surface area contributed by atoms with E-state index in [4.69, 9.17) is 11.5 Å². The molecule has 1 aliphatic rings. The molecule has 3 rings (SSSR count). The Balaban J connectivity index is 2.15. The maximum absolute atomic E-state index is 5.85. The van der Waals surface area contributed by atoms with E-state index in [0.717, 1.165) is 0 Å². The van der Waals surface area contributed by atoms with E-state index in [-0.39, 0.29) is 0 Å². The summed E-state index contributed by atoms with van der Waals surface area (Å²) in [5.41, 5.74) is 22.2. The van der Waals surface area contributed by atoms with Crippen LogP contribution in [0.3, 0.4) is 0 Å². The second-order valence-electron chi connectivity index (χ2n) is 6.63. The third kappa shape index (κ3) is 2.83. The van der Waals surface area contributed by atoms with Crippen molar-refractivity contribution in [2.24, 2.45) is 11.5 Å². The zero-order valence-electron chi connectivity index (χ0n) is 14.8. The quantitative estimate of drug-likeness (QED) is 0.871. The lowest BCUT2D eigenvalue weighted by Crippen LogP contribution is -2.05. The Hall–Kier alpha value is -2.16. The Morgan fingerprint density at radius 3 is 2.08 bits per heavy atom. The van der Waals surface area contributed by atoms with Crippen LogP contribution in [-0.4, -0.2) is 0 Å². The fourth-order valence-electron chi connectivity index (χ4n) is 3.71. The minimum absolute atomic E-state index is 0.296. The Morgan fingerprint density at radius 2 is 1.42 bits per heavy atom. The van der Waals surface area contributed by atoms with E-state index in [2.05, 4.69) is 69.3 Å². The molecule has 1 atom stereocenters. The van der Waals surface area contributed by atoms with E-state index in [1.165, 1.54) is 44.5 Å². The predicted molar refractivity (Wildman–Crippen MR) is 102 cm³/mol. The zero-order valence-corrected chi connectivity index (χ0v) is 14.8. The molecule has 0 bridgehead atoms. The van der Waals surface area contributed by atoms with Crippen LogP contribution in [0.1, 0.15) is 48.9 Å². The van der Waals surface area contributed by atoms with Crippen LogP contribution in [0, 0.1) is 0 Å². The molecule has 0 saturated carbocycles. The molecule has 1 aliphatic carbocycles. The number of allylic oxidation sites excluding steroid dienone is 4. The van der Waals surface area contributed by atoms with Gasteiger partial charge in [-0.05, 0) is 59.7 Å². The average molecular weight is 318 g/mol. The van der Waals surface area contributed by atoms with Gasteiger partial charge in [-0.3, -0.25) is 0 Å². The summed E-state index contributed by atoms with van der Waals surface area (Å²) in [5.74, 6) is 0.296. The molecule has 0 fully saturated rings. The first kappa shape index (κ1) is 16.7. The summed E-state index contributed by atoms with van der Waals surface area (Å²) in [7, 11) is 0. The standard InChI is InChI=1S/C22H26N2/c1-14-15(2)21(19-8-4-6-17(10-19)12-23)22(16(14)3)20-9-5-7-18(11-20)13-24/h4-11,21H,12-13,23-24H2,1-3H3. The summed E-state index contributed by atoms with van der Waals surface area (Å²) in [5, 5.41) is 0. The van der Waals surface area contributed by atoms with Gasteiger partial charge in [-0.15, -0.1) is 0 Å². The highest BCUT2D eigenvalue weighted by Crippen LogP contribution is 2.48. The third-order valence-electron chi connectivity index (χ3n) is 5.27. The van der Waals surface area contributed by atoms with Crippen LogP contribution >= 0.6 is 0 Å². The number of nitrogens with two attached hydrogens (primary N) is 2. The first-order valence-corrected chi connectivity index (χ1v) is 8.53. The SMILES string of the molecule is CC1=C(C)C(c2cccc(CN)c2)C(c2cccc(CN)c2)=C1C. The van der Waals surface area contributed by atoms with Gasteiger partial charge in [-0.25, -0.2) is 0 Å². The first-order chi connectivity index (χ1) is 11.6. The van der Waals surface area contributed by atoms with Crippen LogP contribution in [0.15, 0.2) is 65.3 Å². The van der Waals surface area contributed by atoms with Gasteiger partial charge in [-0.1, -0.05) is 54.1 Å². The molecule has 0 saturated heterocycles. The summed E-state index contributed by atoms with van der Waals surface area (Å²) >= 11 is 0. The fourth-order valence-corrected chi connectivity index (χ4v) is 3.71. The Bertz CT molecular complexity index is 827. The molecular weight excluding hydrogens is 292 g/mol. The minimum Gasteiger partial charge on any atom is -0.326 e. The zero-order chi connectivity index (χ0) is 17.3. The molecule has 24 heavy (non-hydrogen) atoms. The molecule has 2 nitrogen and oxygen atoms in total. The van der Waals surface area contributed by atoms with Crippen molar-refractivity contribution in [3.63, 3.8) is 0 Å². The van der Waals surface area contributed by atoms with Crippen LogP contribution in [0.5, 0.6) is 0 Å². The van der Waals surface area contributed by atoms with Crippen LogP contribution in [-0.2, 0) is 13.1 Å². The van der Waals surface area contributed by atoms with Crippen LogP contribution in [0.4, 0.5) is 0 Å². The van der Waals surface area contributed by atoms with Crippen molar-refractivity contribution < 1.29 is 0 Å². The molecule has 0 radical (unpaired) electrons. The summed E-state index contributed by atoms with van der Waals surface area (Å²) in [6.07, 6.45) is 0. The predicted octanol–water partition coefficient (Wildman–Crippen LogP) is 4.51. The van der Waals surface area contributed by atoms with Crippen molar-refractivity contribution in [2.75, 3.05) is 0 Å². The van der Waals surface area contributed by atoms with E-state index >= 15 is 0 Å². The van der Waals surface area contributed by atoms with E-state index in [1.807, 2.05) is 0 Å². The molecule has 2 aromatic carbocycles. The van der Waals surface area contributed by atoms with Crippen LogP contribution in [0.2, 0.25) is 0 Å². The van der Waals surface area contributed by atoms with Gasteiger partial charge in [0.15, 0.2) is 0 Å². The van der Waals surface area contributed by atoms with Crippen molar-refractivity contribution in [3.05, 3.63) is 87.5 Å². The number of benzene rings is 2. The molecule has 2 heteroatoms. The van der Waals surface area contributed by atoms with Crippen molar-refractivity contribution in [1.29, 1.82) is 0 Å². The highest BCUT2D eigenvalue weighted by atomic mass is 14.5. The Kier molecular flexibility index (Phi) is 4.70. The maximum Gasteiger partial charge on any atom is 0.0310 e. The summed E-state index contributed by atoms with van der Waals surface area (Å²) < 4.78 is 0. The van der Waals surface area contributed by atoms with Crippen LogP contribution < -0.4 is 11.5 Å². The smallest absolute Gasteiger partial charge is 0.0310 e. The lowest BCUT2D eigenvalue weighted by Gasteiger charge is -2.20. The van der Waals surface area contributed by atoms with Gasteiger partial charge < -0.3 is 11.5 Å². The molecule has 0 aromatic heterocycles. The van der Waals surface area contributed by atoms with Crippen LogP contribution in [0.25, 0.3) is 5.57 Å². The van der Waals surface area contributed by atoms with Gasteiger partial charge in [0.25, 0.3) is 0 Å². The van der Waals surface area contributed by atoms with Crippen molar-refractivity contribution in [2.45, 2.75) is 39.8 Å². The largest absolute Gasteiger partial charge is 0.326 e. The van der Waals surface area contributed by atoms with Crippen molar-refractivity contribution in [1.82, 2.24) is 0 Å². The second-order valence-corrected chi connectivity index (χ2v) is 6.63. The summed E-state index contributed by atoms with van der Waals surface area (Å²) in [6.45, 7) is 7.85. The Labute approximate surface area is 144 Å². The first-order valence-electron chi connectivity index (χ1n) is 8.53. The number of rotatable bonds is 4. The molecule has 4 N–H and O–H groups in total. The topological polar surface area (TPSA) is 52.0 Å². The molecule has 2 aromatic rings. The van der Waals surface area contributed by atoms with Gasteiger partial charge in [0, 0.05) is 19.0 Å². The summed E-state index contributed by atoms with van der Waals surface area (Å²) in [4.78, 5) is 0. The molecule has 1 unspecified atom stereocenters. The lowest BCUT2D eigenvalue weighted by atomic mass is 9.83. The maximum atomic E-state index is 5.85. The average Bonchev–Trinajstić information content (AvgIpc) is 2.86. The monoisotopic (exact) mass is 318 g/mol. The van der Waals surface area contributed by atoms with Crippen molar-refractivity contribution >= 4 is 5.57 Å². The van der Waals surface area contributed by atoms with Gasteiger partial charge in [0.2, 0.25) is 0 Å². The normalized spacial score (nSPS) is 17.8. The molecule has 0 heterocycles. The van der Waals surface area contributed by atoms with Gasteiger partial charge in [0.1, 0.15) is 0 Å². The van der Waals surface area contributed by atoms with E-state index < -0.39 is 0 Å². The van der Waals surface area contributed by atoms with Crippen molar-refractivity contribution in [3.8, 4) is 0 Å². The minimum atomic E-state index is 0.296. The highest BCUT2D eigenvalue weighted by Gasteiger charge is 2.29. The lowest BCUT2D eigenvalue weighted by molar-refractivity contribution is 0.994. The third-order valence-corrected chi connectivity index (χ3v) is 5.27. The number of hydrogen-bond donors (Lipinski definition) is 2. The van der Waals surface area contributed by atoms with E-state index in [1.54, 1.807) is 0 Å². The number of hydrogen-bond acceptors (Lipinski definition) is 2. The fraction of sp³-hybridized carbons (Fsp3) is 0.273.